The number of fused-ring (bicyclic) bond motifs is 2. The molecule has 1 aromatic heterocycles. The molecule has 3 aliphatic rings. The summed E-state index contributed by atoms with van der Waals surface area (Å²) in [5.74, 6) is 0.0224. The lowest BCUT2D eigenvalue weighted by Gasteiger charge is -2.33. The monoisotopic (exact) mass is 588 g/mol. The van der Waals surface area contributed by atoms with Crippen molar-refractivity contribution in [1.29, 1.82) is 0 Å². The first-order valence-corrected chi connectivity index (χ1v) is 15.4. The number of amides is 2. The molecule has 3 aromatic rings. The van der Waals surface area contributed by atoms with Gasteiger partial charge in [0.05, 0.1) is 36.9 Å². The van der Waals surface area contributed by atoms with Gasteiger partial charge in [0.15, 0.2) is 0 Å². The van der Waals surface area contributed by atoms with Crippen molar-refractivity contribution < 1.29 is 19.4 Å². The Hall–Kier alpha value is -3.92. The quantitative estimate of drug-likeness (QED) is 0.400. The van der Waals surface area contributed by atoms with E-state index in [4.69, 9.17) is 20.4 Å². The molecular weight excluding hydrogens is 544 g/mol. The lowest BCUT2D eigenvalue weighted by Crippen LogP contribution is -2.42. The number of aromatic hydroxyl groups is 1. The molecule has 1 saturated carbocycles. The zero-order valence-corrected chi connectivity index (χ0v) is 26.0. The van der Waals surface area contributed by atoms with Gasteiger partial charge < -0.3 is 30.3 Å². The van der Waals surface area contributed by atoms with Gasteiger partial charge in [-0.15, -0.1) is 0 Å². The lowest BCUT2D eigenvalue weighted by molar-refractivity contribution is -0.122. The van der Waals surface area contributed by atoms with Crippen LogP contribution in [0.4, 0.5) is 5.82 Å². The van der Waals surface area contributed by atoms with Crippen molar-refractivity contribution in [1.82, 2.24) is 19.8 Å². The predicted molar refractivity (Wildman–Crippen MR) is 167 cm³/mol. The maximum atomic E-state index is 14.0. The van der Waals surface area contributed by atoms with Crippen LogP contribution in [0.2, 0.25) is 0 Å². The Morgan fingerprint density at radius 2 is 1.93 bits per heavy atom. The highest BCUT2D eigenvalue weighted by molar-refractivity contribution is 6.09. The Balaban J connectivity index is 0.00000180. The summed E-state index contributed by atoms with van der Waals surface area (Å²) in [6, 6.07) is 9.32. The molecule has 6 rings (SSSR count). The van der Waals surface area contributed by atoms with Gasteiger partial charge in [0.1, 0.15) is 11.6 Å². The number of benzene rings is 2. The van der Waals surface area contributed by atoms with Crippen LogP contribution in [0.15, 0.2) is 30.3 Å². The second-order valence-corrected chi connectivity index (χ2v) is 12.3. The number of nitrogens with zero attached hydrogens (tertiary/aromatic N) is 5. The number of carbonyl (C=O) groups excluding carboxylic acids is 2. The number of hydrogen-bond acceptors (Lipinski definition) is 8. The highest BCUT2D eigenvalue weighted by Gasteiger charge is 2.44. The van der Waals surface area contributed by atoms with E-state index in [2.05, 4.69) is 23.9 Å². The molecule has 10 nitrogen and oxygen atoms in total. The summed E-state index contributed by atoms with van der Waals surface area (Å²) in [5, 5.41) is 12.1. The third-order valence-electron chi connectivity index (χ3n) is 8.67. The Morgan fingerprint density at radius 1 is 1.16 bits per heavy atom. The van der Waals surface area contributed by atoms with E-state index in [1.165, 1.54) is 0 Å². The maximum absolute atomic E-state index is 14.0. The van der Waals surface area contributed by atoms with Crippen LogP contribution in [0, 0.1) is 18.3 Å². The smallest absolute Gasteiger partial charge is 0.318 e. The average molecular weight is 589 g/mol. The second-order valence-electron chi connectivity index (χ2n) is 12.3. The van der Waals surface area contributed by atoms with Gasteiger partial charge in [0, 0.05) is 30.6 Å². The largest absolute Gasteiger partial charge is 0.508 e. The van der Waals surface area contributed by atoms with Crippen molar-refractivity contribution in [2.75, 3.05) is 45.2 Å². The summed E-state index contributed by atoms with van der Waals surface area (Å²) in [4.78, 5) is 41.7. The molecule has 10 heteroatoms. The van der Waals surface area contributed by atoms with Gasteiger partial charge in [-0.2, -0.15) is 9.97 Å². The fraction of sp³-hybridized carbons (Fsp3) is 0.515. The van der Waals surface area contributed by atoms with Gasteiger partial charge >= 0.3 is 6.01 Å². The van der Waals surface area contributed by atoms with Crippen LogP contribution >= 0.6 is 0 Å². The van der Waals surface area contributed by atoms with E-state index in [0.717, 1.165) is 66.4 Å². The van der Waals surface area contributed by atoms with Crippen LogP contribution in [0.3, 0.4) is 0 Å². The van der Waals surface area contributed by atoms with Gasteiger partial charge in [-0.1, -0.05) is 32.0 Å². The van der Waals surface area contributed by atoms with Crippen LogP contribution in [0.5, 0.6) is 11.8 Å². The fourth-order valence-electron chi connectivity index (χ4n) is 6.44. The highest BCUT2D eigenvalue weighted by atomic mass is 16.5. The predicted octanol–water partition coefficient (Wildman–Crippen LogP) is 4.25. The van der Waals surface area contributed by atoms with Crippen molar-refractivity contribution in [3.63, 3.8) is 0 Å². The number of hydrogen-bond donors (Lipinski definition) is 2. The fourth-order valence-corrected chi connectivity index (χ4v) is 6.44. The number of aryl methyl sites for hydroxylation is 1. The van der Waals surface area contributed by atoms with Crippen molar-refractivity contribution in [2.24, 2.45) is 17.1 Å². The summed E-state index contributed by atoms with van der Waals surface area (Å²) < 4.78 is 6.23. The molecule has 3 heterocycles. The molecule has 43 heavy (non-hydrogen) atoms. The van der Waals surface area contributed by atoms with Gasteiger partial charge in [-0.25, -0.2) is 0 Å². The Kier molecular flexibility index (Phi) is 8.78. The molecule has 2 amide bonds. The van der Waals surface area contributed by atoms with Gasteiger partial charge in [-0.05, 0) is 75.2 Å². The summed E-state index contributed by atoms with van der Waals surface area (Å²) in [5.41, 5.74) is 8.85. The van der Waals surface area contributed by atoms with E-state index in [1.54, 1.807) is 17.0 Å². The zero-order valence-electron chi connectivity index (χ0n) is 26.0. The molecular formula is C33H44N6O4. The van der Waals surface area contributed by atoms with Crippen LogP contribution in [0.25, 0.3) is 10.8 Å². The minimum atomic E-state index is -0.306. The van der Waals surface area contributed by atoms with E-state index in [-0.39, 0.29) is 28.9 Å². The Morgan fingerprint density at radius 3 is 2.63 bits per heavy atom. The Bertz CT molecular complexity index is 1520. The molecule has 2 fully saturated rings. The van der Waals surface area contributed by atoms with Crippen LogP contribution in [-0.4, -0.2) is 77.0 Å². The van der Waals surface area contributed by atoms with Crippen LogP contribution in [-0.2, 0) is 17.9 Å². The van der Waals surface area contributed by atoms with E-state index >= 15 is 0 Å². The topological polar surface area (TPSA) is 125 Å². The number of piperidine rings is 1. The number of phenols is 1. The minimum absolute atomic E-state index is 0.0527. The molecule has 1 saturated heterocycles. The third-order valence-corrected chi connectivity index (χ3v) is 8.67. The molecule has 230 valence electrons. The van der Waals surface area contributed by atoms with Crippen molar-refractivity contribution in [2.45, 2.75) is 59.5 Å². The normalized spacial score (nSPS) is 18.7. The first kappa shape index (κ1) is 30.5. The van der Waals surface area contributed by atoms with E-state index in [1.807, 2.05) is 39.0 Å². The van der Waals surface area contributed by atoms with E-state index in [0.29, 0.717) is 43.6 Å². The van der Waals surface area contributed by atoms with Crippen LogP contribution in [0.1, 0.15) is 66.7 Å². The number of carbonyl (C=O) groups is 2. The van der Waals surface area contributed by atoms with E-state index < -0.39 is 0 Å². The van der Waals surface area contributed by atoms with Crippen molar-refractivity contribution in [3.8, 4) is 11.8 Å². The van der Waals surface area contributed by atoms with Gasteiger partial charge in [-0.3, -0.25) is 9.59 Å². The molecule has 3 N–H and O–H groups in total. The van der Waals surface area contributed by atoms with Gasteiger partial charge in [0.25, 0.3) is 5.91 Å². The van der Waals surface area contributed by atoms with Crippen molar-refractivity contribution >= 4 is 28.4 Å². The SMILES string of the molecule is CC.Cc1cccc2cc(O)cc(C(=O)N3Cc4nc(OCC5(CN(C)C)CC5)nc(N5CCCC(C(N)=O)C5)c4C3)c12. The van der Waals surface area contributed by atoms with Crippen molar-refractivity contribution in [3.05, 3.63) is 52.7 Å². The third kappa shape index (κ3) is 6.39. The molecule has 1 unspecified atom stereocenters. The summed E-state index contributed by atoms with van der Waals surface area (Å²) in [6.07, 6.45) is 3.79. The molecule has 2 aliphatic heterocycles. The molecule has 0 radical (unpaired) electrons. The average Bonchev–Trinajstić information content (AvgIpc) is 3.61. The van der Waals surface area contributed by atoms with Gasteiger partial charge in [0.2, 0.25) is 5.91 Å². The first-order valence-electron chi connectivity index (χ1n) is 15.4. The standard InChI is InChI=1S/C31H38N6O4.C2H6/c1-19-6-4-7-20-12-22(38)13-23(26(19)20)29(40)37-15-24-25(16-37)33-30(41-18-31(9-10-31)17-35(2)3)34-28(24)36-11-5-8-21(14-36)27(32)39;1-2/h4,6-7,12-13,21,38H,5,8-11,14-18H2,1-3H3,(H2,32,39);1-2H3. The van der Waals surface area contributed by atoms with Crippen LogP contribution < -0.4 is 15.4 Å². The molecule has 1 atom stereocenters. The number of aromatic nitrogens is 2. The highest BCUT2D eigenvalue weighted by Crippen LogP contribution is 2.46. The summed E-state index contributed by atoms with van der Waals surface area (Å²) >= 11 is 0. The molecule has 0 spiro atoms. The number of anilines is 1. The molecule has 0 bridgehead atoms. The maximum Gasteiger partial charge on any atom is 0.318 e. The molecule has 2 aromatic carbocycles. The number of rotatable bonds is 8. The summed E-state index contributed by atoms with van der Waals surface area (Å²) in [6.45, 7) is 9.29. The van der Waals surface area contributed by atoms with E-state index in [9.17, 15) is 14.7 Å². The summed E-state index contributed by atoms with van der Waals surface area (Å²) in [7, 11) is 4.14. The number of primary amides is 1. The first-order chi connectivity index (χ1) is 20.6. The molecule has 1 aliphatic carbocycles. The second kappa shape index (κ2) is 12.4. The lowest BCUT2D eigenvalue weighted by atomic mass is 9.97. The number of ether oxygens (including phenoxy) is 1. The number of nitrogens with two attached hydrogens (primary N) is 1. The minimum Gasteiger partial charge on any atom is -0.508 e. The number of phenolic OH excluding ortho intramolecular Hbond substituents is 1. The Labute approximate surface area is 253 Å². The zero-order chi connectivity index (χ0) is 30.9.